The molecule has 2 aliphatic carbocycles. The number of aliphatic carboxylic acids is 1. The molecule has 0 spiro atoms. The van der Waals surface area contributed by atoms with E-state index in [0.717, 1.165) is 6.42 Å². The van der Waals surface area contributed by atoms with Crippen LogP contribution in [0.25, 0.3) is 0 Å². The van der Waals surface area contributed by atoms with Gasteiger partial charge in [-0.3, -0.25) is 4.79 Å². The van der Waals surface area contributed by atoms with Gasteiger partial charge in [0.25, 0.3) is 0 Å². The van der Waals surface area contributed by atoms with Gasteiger partial charge in [0, 0.05) is 0 Å². The largest absolute Gasteiger partial charge is 0.481 e. The predicted octanol–water partition coefficient (Wildman–Crippen LogP) is 2.17. The van der Waals surface area contributed by atoms with Crippen LogP contribution in [0.4, 0.5) is 0 Å². The third kappa shape index (κ3) is 1.77. The van der Waals surface area contributed by atoms with Crippen molar-refractivity contribution in [2.24, 2.45) is 23.0 Å². The van der Waals surface area contributed by atoms with Gasteiger partial charge in [0.05, 0.1) is 6.42 Å². The van der Waals surface area contributed by atoms with Gasteiger partial charge in [0.2, 0.25) is 0 Å². The Morgan fingerprint density at radius 3 is 3.00 bits per heavy atom. The lowest BCUT2D eigenvalue weighted by atomic mass is 9.53. The molecule has 2 aliphatic rings. The zero-order valence-electron chi connectivity index (χ0n) is 9.91. The van der Waals surface area contributed by atoms with Crippen molar-refractivity contribution in [3.8, 4) is 0 Å². The Hall–Kier alpha value is -0.830. The molecule has 0 saturated heterocycles. The fourth-order valence-electron chi connectivity index (χ4n) is 3.58. The van der Waals surface area contributed by atoms with E-state index in [9.17, 15) is 4.79 Å². The van der Waals surface area contributed by atoms with Crippen LogP contribution in [-0.4, -0.2) is 17.6 Å². The molecular formula is C13H21NO2. The third-order valence-electron chi connectivity index (χ3n) is 4.30. The highest BCUT2D eigenvalue weighted by Gasteiger charge is 2.54. The van der Waals surface area contributed by atoms with Gasteiger partial charge < -0.3 is 10.8 Å². The van der Waals surface area contributed by atoms with Crippen molar-refractivity contribution in [3.63, 3.8) is 0 Å². The molecule has 0 aliphatic heterocycles. The summed E-state index contributed by atoms with van der Waals surface area (Å²) in [6.07, 6.45) is 7.10. The van der Waals surface area contributed by atoms with Crippen molar-refractivity contribution in [2.45, 2.75) is 39.0 Å². The van der Waals surface area contributed by atoms with Crippen LogP contribution in [0.15, 0.2) is 11.6 Å². The van der Waals surface area contributed by atoms with Gasteiger partial charge in [-0.25, -0.2) is 0 Å². The number of nitrogens with two attached hydrogens (primary N) is 1. The van der Waals surface area contributed by atoms with Crippen LogP contribution >= 0.6 is 0 Å². The Morgan fingerprint density at radius 1 is 1.69 bits per heavy atom. The van der Waals surface area contributed by atoms with Crippen LogP contribution in [0.5, 0.6) is 0 Å². The molecule has 0 radical (unpaired) electrons. The number of fused-ring (bicyclic) bond motifs is 1. The van der Waals surface area contributed by atoms with Crippen molar-refractivity contribution in [1.29, 1.82) is 0 Å². The Morgan fingerprint density at radius 2 is 2.44 bits per heavy atom. The lowest BCUT2D eigenvalue weighted by Gasteiger charge is -2.51. The maximum Gasteiger partial charge on any atom is 0.303 e. The highest BCUT2D eigenvalue weighted by atomic mass is 16.4. The summed E-state index contributed by atoms with van der Waals surface area (Å²) in [6.45, 7) is 2.70. The number of rotatable bonds is 5. The van der Waals surface area contributed by atoms with E-state index in [1.54, 1.807) is 0 Å². The fraction of sp³-hybridized carbons (Fsp3) is 0.769. The van der Waals surface area contributed by atoms with E-state index in [4.69, 9.17) is 10.8 Å². The molecule has 0 bridgehead atoms. The van der Waals surface area contributed by atoms with E-state index in [2.05, 4.69) is 13.0 Å². The average molecular weight is 223 g/mol. The average Bonchev–Trinajstić information content (AvgIpc) is 2.54. The minimum atomic E-state index is -0.707. The Balaban J connectivity index is 2.07. The molecule has 3 N–H and O–H groups in total. The summed E-state index contributed by atoms with van der Waals surface area (Å²) in [6, 6.07) is 0. The second-order valence-corrected chi connectivity index (χ2v) is 5.41. The van der Waals surface area contributed by atoms with Crippen LogP contribution in [0, 0.1) is 17.3 Å². The number of carbonyl (C=O) groups is 1. The second kappa shape index (κ2) is 4.21. The molecular weight excluding hydrogens is 202 g/mol. The zero-order valence-corrected chi connectivity index (χ0v) is 9.91. The molecule has 0 aromatic carbocycles. The number of hydrogen-bond acceptors (Lipinski definition) is 2. The van der Waals surface area contributed by atoms with E-state index in [0.29, 0.717) is 18.4 Å². The molecule has 3 atom stereocenters. The van der Waals surface area contributed by atoms with E-state index in [1.807, 2.05) is 0 Å². The first kappa shape index (κ1) is 11.6. The van der Waals surface area contributed by atoms with Crippen LogP contribution < -0.4 is 5.73 Å². The summed E-state index contributed by atoms with van der Waals surface area (Å²) in [4.78, 5) is 10.9. The van der Waals surface area contributed by atoms with Crippen molar-refractivity contribution in [3.05, 3.63) is 11.6 Å². The van der Waals surface area contributed by atoms with Crippen molar-refractivity contribution in [1.82, 2.24) is 0 Å². The lowest BCUT2D eigenvalue weighted by Crippen LogP contribution is -2.51. The Bertz CT molecular complexity index is 324. The molecule has 0 aromatic rings. The third-order valence-corrected chi connectivity index (χ3v) is 4.30. The van der Waals surface area contributed by atoms with E-state index in [1.165, 1.54) is 24.8 Å². The van der Waals surface area contributed by atoms with Gasteiger partial charge in [-0.1, -0.05) is 25.0 Å². The maximum absolute atomic E-state index is 10.9. The Kier molecular flexibility index (Phi) is 3.06. The highest BCUT2D eigenvalue weighted by molar-refractivity contribution is 5.68. The predicted molar refractivity (Wildman–Crippen MR) is 62.9 cm³/mol. The fourth-order valence-corrected chi connectivity index (χ4v) is 3.58. The highest BCUT2D eigenvalue weighted by Crippen LogP contribution is 2.59. The van der Waals surface area contributed by atoms with Crippen molar-refractivity contribution in [2.75, 3.05) is 6.54 Å². The van der Waals surface area contributed by atoms with Gasteiger partial charge in [-0.05, 0) is 43.1 Å². The van der Waals surface area contributed by atoms with Crippen molar-refractivity contribution >= 4 is 5.97 Å². The molecule has 3 nitrogen and oxygen atoms in total. The molecule has 0 heterocycles. The molecule has 0 unspecified atom stereocenters. The van der Waals surface area contributed by atoms with Crippen LogP contribution in [0.3, 0.4) is 0 Å². The molecule has 90 valence electrons. The molecule has 1 saturated carbocycles. The number of allylic oxidation sites excluding steroid dienone is 2. The van der Waals surface area contributed by atoms with E-state index >= 15 is 0 Å². The molecule has 0 amide bonds. The number of carboxylic acids is 1. The van der Waals surface area contributed by atoms with Gasteiger partial charge >= 0.3 is 5.97 Å². The van der Waals surface area contributed by atoms with Gasteiger partial charge in [-0.2, -0.15) is 0 Å². The zero-order chi connectivity index (χ0) is 11.8. The standard InChI is InChI=1S/C13H21NO2/c1-2-3-9-4-10-6-13(8-14,7-12(15)16)11(10)5-9/h5,10-11H,2-4,6-8,14H2,1H3,(H,15,16)/t10-,11-,13-/m0/s1. The first-order valence-electron chi connectivity index (χ1n) is 6.22. The summed E-state index contributed by atoms with van der Waals surface area (Å²) in [7, 11) is 0. The SMILES string of the molecule is CCCC1=C[C@H]2[C@@H](C1)C[C@@]2(CN)CC(=O)O. The van der Waals surface area contributed by atoms with E-state index in [-0.39, 0.29) is 11.8 Å². The summed E-state index contributed by atoms with van der Waals surface area (Å²) in [5, 5.41) is 8.96. The minimum Gasteiger partial charge on any atom is -0.481 e. The quantitative estimate of drug-likeness (QED) is 0.702. The van der Waals surface area contributed by atoms with Crippen molar-refractivity contribution < 1.29 is 9.90 Å². The lowest BCUT2D eigenvalue weighted by molar-refractivity contribution is -0.144. The minimum absolute atomic E-state index is 0.133. The maximum atomic E-state index is 10.9. The first-order chi connectivity index (χ1) is 7.61. The van der Waals surface area contributed by atoms with Crippen LogP contribution in [0.1, 0.15) is 39.0 Å². The Labute approximate surface area is 96.7 Å². The number of hydrogen-bond donors (Lipinski definition) is 2. The topological polar surface area (TPSA) is 63.3 Å². The smallest absolute Gasteiger partial charge is 0.303 e. The number of carboxylic acid groups (broad SMARTS) is 1. The first-order valence-corrected chi connectivity index (χ1v) is 6.22. The summed E-state index contributed by atoms with van der Waals surface area (Å²) >= 11 is 0. The normalized spacial score (nSPS) is 36.5. The monoisotopic (exact) mass is 223 g/mol. The molecule has 1 fully saturated rings. The molecule has 0 aromatic heterocycles. The summed E-state index contributed by atoms with van der Waals surface area (Å²) < 4.78 is 0. The summed E-state index contributed by atoms with van der Waals surface area (Å²) in [5.74, 6) is 0.417. The van der Waals surface area contributed by atoms with E-state index < -0.39 is 5.97 Å². The van der Waals surface area contributed by atoms with Crippen LogP contribution in [0.2, 0.25) is 0 Å². The molecule has 16 heavy (non-hydrogen) atoms. The van der Waals surface area contributed by atoms with Gasteiger partial charge in [0.1, 0.15) is 0 Å². The second-order valence-electron chi connectivity index (χ2n) is 5.41. The molecule has 2 rings (SSSR count). The van der Waals surface area contributed by atoms with Crippen LogP contribution in [-0.2, 0) is 4.79 Å². The van der Waals surface area contributed by atoms with Gasteiger partial charge in [-0.15, -0.1) is 0 Å². The summed E-state index contributed by atoms with van der Waals surface area (Å²) in [5.41, 5.74) is 7.19. The molecule has 3 heteroatoms. The van der Waals surface area contributed by atoms with Gasteiger partial charge in [0.15, 0.2) is 0 Å².